The number of allylic oxidation sites excluding steroid dienone is 1. The van der Waals surface area contributed by atoms with Crippen LogP contribution in [0.2, 0.25) is 5.02 Å². The number of carbonyl (C=O) groups excluding carboxylic acids is 2. The second-order valence-electron chi connectivity index (χ2n) is 7.42. The summed E-state index contributed by atoms with van der Waals surface area (Å²) in [5, 5.41) is 1.43. The van der Waals surface area contributed by atoms with E-state index >= 15 is 0 Å². The summed E-state index contributed by atoms with van der Waals surface area (Å²) in [7, 11) is 1.35. The highest BCUT2D eigenvalue weighted by Gasteiger charge is 2.25. The summed E-state index contributed by atoms with van der Waals surface area (Å²) in [4.78, 5) is 25.2. The number of ketones is 1. The van der Waals surface area contributed by atoms with Gasteiger partial charge in [-0.1, -0.05) is 56.3 Å². The summed E-state index contributed by atoms with van der Waals surface area (Å²) in [5.74, 6) is -0.560. The van der Waals surface area contributed by atoms with Gasteiger partial charge in [-0.05, 0) is 36.3 Å². The Hall–Kier alpha value is -2.85. The van der Waals surface area contributed by atoms with Gasteiger partial charge in [-0.25, -0.2) is 4.79 Å². The van der Waals surface area contributed by atoms with Gasteiger partial charge in [0.2, 0.25) is 0 Å². The molecule has 0 aliphatic heterocycles. The number of carbonyl (C=O) groups is 2. The third-order valence-electron chi connectivity index (χ3n) is 4.95. The molecule has 0 radical (unpaired) electrons. The maximum absolute atomic E-state index is 13.1. The van der Waals surface area contributed by atoms with Crippen molar-refractivity contribution >= 4 is 39.8 Å². The van der Waals surface area contributed by atoms with Crippen LogP contribution in [0.1, 0.15) is 52.7 Å². The molecule has 1 heterocycles. The fourth-order valence-electron chi connectivity index (χ4n) is 3.54. The van der Waals surface area contributed by atoms with Crippen LogP contribution < -0.4 is 0 Å². The topological polar surface area (TPSA) is 48.3 Å². The van der Waals surface area contributed by atoms with Crippen molar-refractivity contribution in [1.82, 2.24) is 4.57 Å². The van der Waals surface area contributed by atoms with E-state index in [2.05, 4.69) is 6.58 Å². The zero-order chi connectivity index (χ0) is 21.3. The van der Waals surface area contributed by atoms with Gasteiger partial charge in [-0.3, -0.25) is 4.79 Å². The number of benzene rings is 2. The minimum Gasteiger partial charge on any atom is -0.465 e. The number of fused-ring (bicyclic) bond motifs is 1. The molecule has 0 saturated heterocycles. The lowest BCUT2D eigenvalue weighted by Crippen LogP contribution is -2.11. The van der Waals surface area contributed by atoms with Gasteiger partial charge < -0.3 is 9.30 Å². The number of hydrogen-bond acceptors (Lipinski definition) is 3. The third kappa shape index (κ3) is 3.85. The molecular formula is C24H24ClNO3. The molecule has 5 heteroatoms. The summed E-state index contributed by atoms with van der Waals surface area (Å²) in [6.45, 7) is 10.2. The Bertz CT molecular complexity index is 1120. The normalized spacial score (nSPS) is 11.1. The Balaban J connectivity index is 2.37. The molecule has 0 unspecified atom stereocenters. The Kier molecular flexibility index (Phi) is 5.94. The molecule has 0 saturated carbocycles. The minimum atomic E-state index is -0.425. The first kappa shape index (κ1) is 20.9. The molecule has 0 atom stereocenters. The van der Waals surface area contributed by atoms with Crippen molar-refractivity contribution in [2.75, 3.05) is 7.11 Å². The number of rotatable bonds is 6. The van der Waals surface area contributed by atoms with Gasteiger partial charge in [-0.2, -0.15) is 0 Å². The van der Waals surface area contributed by atoms with Gasteiger partial charge in [-0.15, -0.1) is 0 Å². The average molecular weight is 410 g/mol. The summed E-state index contributed by atoms with van der Waals surface area (Å²) < 4.78 is 6.89. The summed E-state index contributed by atoms with van der Waals surface area (Å²) in [5.41, 5.74) is 4.29. The quantitative estimate of drug-likeness (QED) is 0.370. The molecule has 0 aliphatic carbocycles. The Morgan fingerprint density at radius 3 is 2.45 bits per heavy atom. The molecule has 29 heavy (non-hydrogen) atoms. The van der Waals surface area contributed by atoms with Gasteiger partial charge in [0.05, 0.1) is 29.4 Å². The van der Waals surface area contributed by atoms with Crippen molar-refractivity contribution in [3.05, 3.63) is 76.5 Å². The molecular weight excluding hydrogens is 386 g/mol. The Morgan fingerprint density at radius 1 is 1.17 bits per heavy atom. The second-order valence-corrected chi connectivity index (χ2v) is 7.83. The van der Waals surface area contributed by atoms with Crippen LogP contribution in [-0.4, -0.2) is 23.4 Å². The highest BCUT2D eigenvalue weighted by Crippen LogP contribution is 2.34. The first-order chi connectivity index (χ1) is 13.8. The molecule has 0 fully saturated rings. The van der Waals surface area contributed by atoms with Crippen LogP contribution >= 0.6 is 11.6 Å². The molecule has 150 valence electrons. The van der Waals surface area contributed by atoms with Crippen molar-refractivity contribution < 1.29 is 14.3 Å². The number of esters is 1. The van der Waals surface area contributed by atoms with Crippen LogP contribution in [0.4, 0.5) is 0 Å². The van der Waals surface area contributed by atoms with E-state index < -0.39 is 5.97 Å². The molecule has 4 nitrogen and oxygen atoms in total. The molecule has 0 aliphatic rings. The molecule has 0 amide bonds. The van der Waals surface area contributed by atoms with E-state index in [9.17, 15) is 9.59 Å². The molecule has 3 aromatic rings. The molecule has 1 aromatic heterocycles. The van der Waals surface area contributed by atoms with Crippen LogP contribution in [0.25, 0.3) is 16.5 Å². The summed E-state index contributed by atoms with van der Waals surface area (Å²) in [6.07, 6.45) is 0. The number of aromatic nitrogens is 1. The van der Waals surface area contributed by atoms with E-state index in [1.165, 1.54) is 7.11 Å². The molecule has 2 aromatic carbocycles. The third-order valence-corrected chi connectivity index (χ3v) is 5.32. The van der Waals surface area contributed by atoms with E-state index in [1.54, 1.807) is 12.1 Å². The van der Waals surface area contributed by atoms with Gasteiger partial charge in [0.25, 0.3) is 0 Å². The zero-order valence-electron chi connectivity index (χ0n) is 17.1. The van der Waals surface area contributed by atoms with Crippen LogP contribution in [0, 0.1) is 5.92 Å². The van der Waals surface area contributed by atoms with Crippen molar-refractivity contribution in [2.45, 2.75) is 27.3 Å². The van der Waals surface area contributed by atoms with Crippen LogP contribution in [0.5, 0.6) is 0 Å². The molecule has 3 rings (SSSR count). The van der Waals surface area contributed by atoms with E-state index in [4.69, 9.17) is 16.3 Å². The highest BCUT2D eigenvalue weighted by atomic mass is 35.5. The maximum atomic E-state index is 13.1. The lowest BCUT2D eigenvalue weighted by molar-refractivity contribution is 0.0600. The molecule has 0 spiro atoms. The standard InChI is InChI=1S/C24H24ClNO3/c1-14(2)22-21(23(27)15(3)4)18-11-10-16(24(28)29-5)12-20(18)26(22)13-17-8-6-7-9-19(17)25/h6-12,15H,1,13H2,2-5H3. The number of nitrogens with zero attached hydrogens (tertiary/aromatic N) is 1. The first-order valence-electron chi connectivity index (χ1n) is 9.44. The van der Waals surface area contributed by atoms with Gasteiger partial charge >= 0.3 is 5.97 Å². The van der Waals surface area contributed by atoms with Crippen molar-refractivity contribution in [3.8, 4) is 0 Å². The van der Waals surface area contributed by atoms with Gasteiger partial charge in [0, 0.05) is 22.9 Å². The van der Waals surface area contributed by atoms with E-state index in [0.29, 0.717) is 22.7 Å². The number of hydrogen-bond donors (Lipinski definition) is 0. The number of halogens is 1. The van der Waals surface area contributed by atoms with E-state index in [-0.39, 0.29) is 11.7 Å². The molecule has 0 N–H and O–H groups in total. The number of Topliss-reactive ketones (excluding diaryl/α,β-unsaturated/α-hetero) is 1. The van der Waals surface area contributed by atoms with E-state index in [0.717, 1.165) is 27.7 Å². The predicted molar refractivity (Wildman–Crippen MR) is 118 cm³/mol. The van der Waals surface area contributed by atoms with Gasteiger partial charge in [0.1, 0.15) is 0 Å². The van der Waals surface area contributed by atoms with Crippen molar-refractivity contribution in [2.24, 2.45) is 5.92 Å². The molecule has 0 bridgehead atoms. The van der Waals surface area contributed by atoms with Crippen LogP contribution in [-0.2, 0) is 11.3 Å². The van der Waals surface area contributed by atoms with Gasteiger partial charge in [0.15, 0.2) is 5.78 Å². The first-order valence-corrected chi connectivity index (χ1v) is 9.82. The smallest absolute Gasteiger partial charge is 0.337 e. The predicted octanol–water partition coefficient (Wildman–Crippen LogP) is 6.00. The average Bonchev–Trinajstić information content (AvgIpc) is 3.02. The SMILES string of the molecule is C=C(C)c1c(C(=O)C(C)C)c2ccc(C(=O)OC)cc2n1Cc1ccccc1Cl. The zero-order valence-corrected chi connectivity index (χ0v) is 17.8. The maximum Gasteiger partial charge on any atom is 0.337 e. The van der Waals surface area contributed by atoms with Crippen LogP contribution in [0.15, 0.2) is 49.0 Å². The van der Waals surface area contributed by atoms with Crippen molar-refractivity contribution in [3.63, 3.8) is 0 Å². The fourth-order valence-corrected chi connectivity index (χ4v) is 3.73. The largest absolute Gasteiger partial charge is 0.465 e. The van der Waals surface area contributed by atoms with Crippen molar-refractivity contribution in [1.29, 1.82) is 0 Å². The van der Waals surface area contributed by atoms with Crippen LogP contribution in [0.3, 0.4) is 0 Å². The lowest BCUT2D eigenvalue weighted by atomic mass is 9.96. The minimum absolute atomic E-state index is 0.0386. The monoisotopic (exact) mass is 409 g/mol. The Labute approximate surface area is 175 Å². The lowest BCUT2D eigenvalue weighted by Gasteiger charge is -2.14. The fraction of sp³-hybridized carbons (Fsp3) is 0.250. The van der Waals surface area contributed by atoms with E-state index in [1.807, 2.05) is 55.7 Å². The summed E-state index contributed by atoms with van der Waals surface area (Å²) in [6, 6.07) is 12.9. The Morgan fingerprint density at radius 2 is 1.86 bits per heavy atom. The number of ether oxygens (including phenoxy) is 1. The highest BCUT2D eigenvalue weighted by molar-refractivity contribution is 6.31. The second kappa shape index (κ2) is 8.26. The number of methoxy groups -OCH3 is 1. The summed E-state index contributed by atoms with van der Waals surface area (Å²) >= 11 is 6.40.